The quantitative estimate of drug-likeness (QED) is 0.870. The maximum atomic E-state index is 12.6. The van der Waals surface area contributed by atoms with E-state index in [2.05, 4.69) is 15.2 Å². The molecular weight excluding hydrogens is 226 g/mol. The summed E-state index contributed by atoms with van der Waals surface area (Å²) in [6.45, 7) is -0.0348. The highest BCUT2D eigenvalue weighted by Gasteiger charge is 2.20. The number of alkyl halides is 2. The highest BCUT2D eigenvalue weighted by molar-refractivity contribution is 4.93. The van der Waals surface area contributed by atoms with Crippen molar-refractivity contribution in [2.24, 2.45) is 0 Å². The lowest BCUT2D eigenvalue weighted by Gasteiger charge is -2.31. The molecule has 2 heterocycles. The lowest BCUT2D eigenvalue weighted by molar-refractivity contribution is 0.0626. The van der Waals surface area contributed by atoms with Crippen molar-refractivity contribution in [2.45, 2.75) is 32.0 Å². The van der Waals surface area contributed by atoms with Gasteiger partial charge in [-0.25, -0.2) is 4.98 Å². The Kier molecular flexibility index (Phi) is 4.06. The van der Waals surface area contributed by atoms with Gasteiger partial charge < -0.3 is 5.32 Å². The number of halogens is 2. The van der Waals surface area contributed by atoms with Gasteiger partial charge in [0.05, 0.1) is 6.54 Å². The Balaban J connectivity index is 1.97. The van der Waals surface area contributed by atoms with Crippen molar-refractivity contribution in [3.8, 4) is 0 Å². The van der Waals surface area contributed by atoms with E-state index in [1.807, 2.05) is 7.05 Å². The summed E-state index contributed by atoms with van der Waals surface area (Å²) in [6.07, 6.45) is 4.88. The van der Waals surface area contributed by atoms with E-state index in [9.17, 15) is 8.78 Å². The maximum Gasteiger partial charge on any atom is 0.319 e. The number of imidazole rings is 1. The van der Waals surface area contributed by atoms with Gasteiger partial charge in [-0.05, 0) is 33.0 Å². The van der Waals surface area contributed by atoms with Crippen molar-refractivity contribution in [1.82, 2.24) is 19.8 Å². The van der Waals surface area contributed by atoms with E-state index in [0.29, 0.717) is 18.4 Å². The van der Waals surface area contributed by atoms with Gasteiger partial charge in [-0.2, -0.15) is 8.78 Å². The van der Waals surface area contributed by atoms with Gasteiger partial charge in [0.15, 0.2) is 0 Å². The minimum atomic E-state index is -2.51. The first-order chi connectivity index (χ1) is 8.18. The summed E-state index contributed by atoms with van der Waals surface area (Å²) in [6, 6.07) is 0.457. The molecule has 17 heavy (non-hydrogen) atoms. The Morgan fingerprint density at radius 3 is 2.88 bits per heavy atom. The summed E-state index contributed by atoms with van der Waals surface area (Å²) < 4.78 is 26.2. The van der Waals surface area contributed by atoms with E-state index in [4.69, 9.17) is 0 Å². The van der Waals surface area contributed by atoms with Gasteiger partial charge in [-0.1, -0.05) is 0 Å². The SMILES string of the molecule is CN(Cc1nccn1C(F)F)C1CCNCC1. The molecular formula is C11H18F2N4. The first-order valence-electron chi connectivity index (χ1n) is 5.89. The molecule has 1 aromatic heterocycles. The van der Waals surface area contributed by atoms with Gasteiger partial charge in [0.1, 0.15) is 5.82 Å². The summed E-state index contributed by atoms with van der Waals surface area (Å²) >= 11 is 0. The van der Waals surface area contributed by atoms with Gasteiger partial charge in [0.25, 0.3) is 0 Å². The third-order valence-corrected chi connectivity index (χ3v) is 3.28. The van der Waals surface area contributed by atoms with Crippen LogP contribution >= 0.6 is 0 Å². The van der Waals surface area contributed by atoms with Crippen LogP contribution in [0.1, 0.15) is 25.2 Å². The van der Waals surface area contributed by atoms with Crippen molar-refractivity contribution in [3.63, 3.8) is 0 Å². The molecule has 0 amide bonds. The normalized spacial score (nSPS) is 18.2. The minimum Gasteiger partial charge on any atom is -0.317 e. The van der Waals surface area contributed by atoms with Crippen LogP contribution in [0.5, 0.6) is 0 Å². The molecule has 2 rings (SSSR count). The van der Waals surface area contributed by atoms with Gasteiger partial charge in [-0.3, -0.25) is 9.47 Å². The fourth-order valence-electron chi connectivity index (χ4n) is 2.24. The second kappa shape index (κ2) is 5.55. The third kappa shape index (κ3) is 3.01. The fourth-order valence-corrected chi connectivity index (χ4v) is 2.24. The smallest absolute Gasteiger partial charge is 0.317 e. The molecule has 96 valence electrons. The summed E-state index contributed by atoms with van der Waals surface area (Å²) in [5.41, 5.74) is 0. The Hall–Kier alpha value is -1.01. The standard InChI is InChI=1S/C11H18F2N4/c1-16(9-2-4-14-5-3-9)8-10-15-6-7-17(10)11(12)13/h6-7,9,11,14H,2-5,8H2,1H3. The molecule has 0 aliphatic carbocycles. The van der Waals surface area contributed by atoms with Crippen LogP contribution in [0.2, 0.25) is 0 Å². The molecule has 4 nitrogen and oxygen atoms in total. The lowest BCUT2D eigenvalue weighted by Crippen LogP contribution is -2.41. The number of piperidine rings is 1. The van der Waals surface area contributed by atoms with Crippen LogP contribution in [0.4, 0.5) is 8.78 Å². The number of hydrogen-bond acceptors (Lipinski definition) is 3. The number of nitrogens with zero attached hydrogens (tertiary/aromatic N) is 3. The number of nitrogens with one attached hydrogen (secondary N) is 1. The molecule has 0 saturated carbocycles. The number of aromatic nitrogens is 2. The highest BCUT2D eigenvalue weighted by atomic mass is 19.3. The highest BCUT2D eigenvalue weighted by Crippen LogP contribution is 2.16. The molecule has 1 N–H and O–H groups in total. The van der Waals surface area contributed by atoms with Gasteiger partial charge >= 0.3 is 6.55 Å². The first kappa shape index (κ1) is 12.4. The van der Waals surface area contributed by atoms with Crippen LogP contribution < -0.4 is 5.32 Å². The second-order valence-electron chi connectivity index (χ2n) is 4.42. The number of rotatable bonds is 4. The molecule has 0 bridgehead atoms. The molecule has 0 radical (unpaired) electrons. The zero-order valence-corrected chi connectivity index (χ0v) is 9.94. The lowest BCUT2D eigenvalue weighted by atomic mass is 10.1. The largest absolute Gasteiger partial charge is 0.319 e. The van der Waals surface area contributed by atoms with Crippen LogP contribution in [0.3, 0.4) is 0 Å². The van der Waals surface area contributed by atoms with E-state index in [1.165, 1.54) is 12.4 Å². The van der Waals surface area contributed by atoms with E-state index in [1.54, 1.807) is 0 Å². The van der Waals surface area contributed by atoms with Crippen LogP contribution in [0.15, 0.2) is 12.4 Å². The molecule has 1 aliphatic heterocycles. The predicted molar refractivity (Wildman–Crippen MR) is 60.8 cm³/mol. The fraction of sp³-hybridized carbons (Fsp3) is 0.727. The van der Waals surface area contributed by atoms with Gasteiger partial charge in [0.2, 0.25) is 0 Å². The Morgan fingerprint density at radius 1 is 1.53 bits per heavy atom. The van der Waals surface area contributed by atoms with Crippen molar-refractivity contribution < 1.29 is 8.78 Å². The summed E-state index contributed by atoms with van der Waals surface area (Å²) in [4.78, 5) is 6.11. The molecule has 0 unspecified atom stereocenters. The molecule has 0 spiro atoms. The maximum absolute atomic E-state index is 12.6. The van der Waals surface area contributed by atoms with E-state index >= 15 is 0 Å². The first-order valence-corrected chi connectivity index (χ1v) is 5.89. The molecule has 1 aromatic rings. The summed E-state index contributed by atoms with van der Waals surface area (Å²) in [5, 5.41) is 3.29. The zero-order chi connectivity index (χ0) is 12.3. The van der Waals surface area contributed by atoms with E-state index in [-0.39, 0.29) is 0 Å². The molecule has 6 heteroatoms. The van der Waals surface area contributed by atoms with Crippen LogP contribution in [0, 0.1) is 0 Å². The summed E-state index contributed by atoms with van der Waals surface area (Å²) in [7, 11) is 1.97. The Labute approximate surface area is 99.6 Å². The molecule has 1 saturated heterocycles. The minimum absolute atomic E-state index is 0.432. The van der Waals surface area contributed by atoms with Crippen molar-refractivity contribution in [2.75, 3.05) is 20.1 Å². The Bertz CT molecular complexity index is 347. The zero-order valence-electron chi connectivity index (χ0n) is 9.94. The van der Waals surface area contributed by atoms with Crippen LogP contribution in [0.25, 0.3) is 0 Å². The predicted octanol–water partition coefficient (Wildman–Crippen LogP) is 1.46. The van der Waals surface area contributed by atoms with E-state index in [0.717, 1.165) is 30.5 Å². The topological polar surface area (TPSA) is 33.1 Å². The van der Waals surface area contributed by atoms with Crippen molar-refractivity contribution in [3.05, 3.63) is 18.2 Å². The van der Waals surface area contributed by atoms with E-state index < -0.39 is 6.55 Å². The van der Waals surface area contributed by atoms with Gasteiger partial charge in [0, 0.05) is 18.4 Å². The second-order valence-corrected chi connectivity index (χ2v) is 4.42. The number of hydrogen-bond donors (Lipinski definition) is 1. The van der Waals surface area contributed by atoms with Gasteiger partial charge in [-0.15, -0.1) is 0 Å². The average molecular weight is 244 g/mol. The molecule has 0 atom stereocenters. The molecule has 1 fully saturated rings. The van der Waals surface area contributed by atoms with Crippen LogP contribution in [-0.4, -0.2) is 40.6 Å². The Morgan fingerprint density at radius 2 is 2.24 bits per heavy atom. The average Bonchev–Trinajstić information content (AvgIpc) is 2.78. The molecule has 0 aromatic carbocycles. The van der Waals surface area contributed by atoms with Crippen molar-refractivity contribution in [1.29, 1.82) is 0 Å². The monoisotopic (exact) mass is 244 g/mol. The molecule has 1 aliphatic rings. The van der Waals surface area contributed by atoms with Crippen molar-refractivity contribution >= 4 is 0 Å². The summed E-state index contributed by atoms with van der Waals surface area (Å²) in [5.74, 6) is 0.432. The van der Waals surface area contributed by atoms with Crippen LogP contribution in [-0.2, 0) is 6.54 Å². The third-order valence-electron chi connectivity index (χ3n) is 3.28.